The monoisotopic (exact) mass is 271 g/mol. The molecule has 0 saturated heterocycles. The highest BCUT2D eigenvalue weighted by atomic mass is 16.4. The van der Waals surface area contributed by atoms with Crippen molar-refractivity contribution in [2.24, 2.45) is 7.05 Å². The van der Waals surface area contributed by atoms with Crippen LogP contribution in [-0.2, 0) is 13.5 Å². The van der Waals surface area contributed by atoms with Gasteiger partial charge in [-0.25, -0.2) is 4.79 Å². The largest absolute Gasteiger partial charge is 0.478 e. The van der Waals surface area contributed by atoms with Gasteiger partial charge >= 0.3 is 5.97 Å². The minimum absolute atomic E-state index is 0.373. The third kappa shape index (κ3) is 2.77. The molecule has 1 N–H and O–H groups in total. The summed E-state index contributed by atoms with van der Waals surface area (Å²) in [6, 6.07) is 10.2. The maximum absolute atomic E-state index is 11.2. The third-order valence-corrected chi connectivity index (χ3v) is 3.83. The number of aromatic carboxylic acids is 1. The average molecular weight is 271 g/mol. The zero-order valence-corrected chi connectivity index (χ0v) is 12.3. The van der Waals surface area contributed by atoms with E-state index in [2.05, 4.69) is 31.2 Å². The van der Waals surface area contributed by atoms with E-state index in [9.17, 15) is 9.90 Å². The van der Waals surface area contributed by atoms with E-state index in [-0.39, 0.29) is 0 Å². The van der Waals surface area contributed by atoms with Crippen LogP contribution in [-0.4, -0.2) is 15.6 Å². The molecule has 0 amide bonds. The minimum Gasteiger partial charge on any atom is -0.478 e. The Balaban J connectivity index is 2.32. The minimum atomic E-state index is -0.871. The van der Waals surface area contributed by atoms with Gasteiger partial charge < -0.3 is 9.67 Å². The van der Waals surface area contributed by atoms with Crippen LogP contribution in [0.4, 0.5) is 0 Å². The molecular formula is C17H21NO2. The normalized spacial score (nSPS) is 10.8. The molecule has 1 aromatic carbocycles. The van der Waals surface area contributed by atoms with Crippen LogP contribution in [0.1, 0.15) is 41.4 Å². The van der Waals surface area contributed by atoms with E-state index < -0.39 is 5.97 Å². The number of hydrogen-bond acceptors (Lipinski definition) is 1. The first-order valence-electron chi connectivity index (χ1n) is 7.03. The molecule has 20 heavy (non-hydrogen) atoms. The van der Waals surface area contributed by atoms with Crippen molar-refractivity contribution >= 4 is 5.97 Å². The SMILES string of the molecule is CCCCc1ccc(-c2cc(C(=O)O)c(C)n2C)cc1. The number of nitrogens with zero attached hydrogens (tertiary/aromatic N) is 1. The summed E-state index contributed by atoms with van der Waals surface area (Å²) in [4.78, 5) is 11.2. The van der Waals surface area contributed by atoms with Crippen LogP contribution in [0.2, 0.25) is 0 Å². The van der Waals surface area contributed by atoms with Gasteiger partial charge in [0, 0.05) is 18.4 Å². The summed E-state index contributed by atoms with van der Waals surface area (Å²) in [5, 5.41) is 9.18. The molecule has 0 aliphatic carbocycles. The Labute approximate surface area is 119 Å². The van der Waals surface area contributed by atoms with Crippen LogP contribution in [0.5, 0.6) is 0 Å². The molecule has 2 aromatic rings. The molecule has 3 nitrogen and oxygen atoms in total. The summed E-state index contributed by atoms with van der Waals surface area (Å²) in [5.74, 6) is -0.871. The third-order valence-electron chi connectivity index (χ3n) is 3.83. The Kier molecular flexibility index (Phi) is 4.28. The van der Waals surface area contributed by atoms with E-state index in [1.807, 2.05) is 18.5 Å². The molecule has 0 saturated carbocycles. The van der Waals surface area contributed by atoms with Gasteiger partial charge in [-0.3, -0.25) is 0 Å². The van der Waals surface area contributed by atoms with Gasteiger partial charge in [-0.15, -0.1) is 0 Å². The van der Waals surface area contributed by atoms with Crippen molar-refractivity contribution in [2.45, 2.75) is 33.1 Å². The Morgan fingerprint density at radius 2 is 1.90 bits per heavy atom. The van der Waals surface area contributed by atoms with Crippen molar-refractivity contribution < 1.29 is 9.90 Å². The van der Waals surface area contributed by atoms with Gasteiger partial charge in [0.2, 0.25) is 0 Å². The van der Waals surface area contributed by atoms with Gasteiger partial charge in [-0.2, -0.15) is 0 Å². The summed E-state index contributed by atoms with van der Waals surface area (Å²) in [6.07, 6.45) is 3.50. The van der Waals surface area contributed by atoms with E-state index in [0.717, 1.165) is 23.4 Å². The summed E-state index contributed by atoms with van der Waals surface area (Å²) >= 11 is 0. The zero-order valence-electron chi connectivity index (χ0n) is 12.3. The molecule has 1 aromatic heterocycles. The lowest BCUT2D eigenvalue weighted by Gasteiger charge is -2.06. The highest BCUT2D eigenvalue weighted by Crippen LogP contribution is 2.25. The number of rotatable bonds is 5. The first-order chi connectivity index (χ1) is 9.54. The maximum Gasteiger partial charge on any atom is 0.337 e. The number of carboxylic acids is 1. The molecule has 106 valence electrons. The molecule has 0 fully saturated rings. The Morgan fingerprint density at radius 3 is 2.40 bits per heavy atom. The summed E-state index contributed by atoms with van der Waals surface area (Å²) in [6.45, 7) is 4.02. The van der Waals surface area contributed by atoms with Crippen molar-refractivity contribution in [3.8, 4) is 11.3 Å². The molecule has 0 radical (unpaired) electrons. The standard InChI is InChI=1S/C17H21NO2/c1-4-5-6-13-7-9-14(10-8-13)16-11-15(17(19)20)12(2)18(16)3/h7-11H,4-6H2,1-3H3,(H,19,20). The van der Waals surface area contributed by atoms with E-state index in [1.54, 1.807) is 6.07 Å². The van der Waals surface area contributed by atoms with Crippen molar-refractivity contribution in [1.29, 1.82) is 0 Å². The maximum atomic E-state index is 11.2. The van der Waals surface area contributed by atoms with Crippen LogP contribution in [0.25, 0.3) is 11.3 Å². The first kappa shape index (κ1) is 14.4. The average Bonchev–Trinajstić information content (AvgIpc) is 2.74. The van der Waals surface area contributed by atoms with Crippen LogP contribution >= 0.6 is 0 Å². The topological polar surface area (TPSA) is 42.2 Å². The van der Waals surface area contributed by atoms with Crippen molar-refractivity contribution in [3.05, 3.63) is 47.2 Å². The lowest BCUT2D eigenvalue weighted by Crippen LogP contribution is -1.99. The predicted molar refractivity (Wildman–Crippen MR) is 81.2 cm³/mol. The Hall–Kier alpha value is -2.03. The summed E-state index contributed by atoms with van der Waals surface area (Å²) in [7, 11) is 1.90. The number of aryl methyl sites for hydroxylation is 1. The molecule has 0 aliphatic rings. The first-order valence-corrected chi connectivity index (χ1v) is 7.03. The highest BCUT2D eigenvalue weighted by molar-refractivity contribution is 5.91. The lowest BCUT2D eigenvalue weighted by atomic mass is 10.0. The van der Waals surface area contributed by atoms with Crippen molar-refractivity contribution in [3.63, 3.8) is 0 Å². The second-order valence-corrected chi connectivity index (χ2v) is 5.19. The fourth-order valence-electron chi connectivity index (χ4n) is 2.42. The summed E-state index contributed by atoms with van der Waals surface area (Å²) in [5.41, 5.74) is 4.49. The van der Waals surface area contributed by atoms with Crippen molar-refractivity contribution in [2.75, 3.05) is 0 Å². The quantitative estimate of drug-likeness (QED) is 0.891. The highest BCUT2D eigenvalue weighted by Gasteiger charge is 2.15. The van der Waals surface area contributed by atoms with Crippen LogP contribution in [0.15, 0.2) is 30.3 Å². The Bertz CT molecular complexity index is 609. The smallest absolute Gasteiger partial charge is 0.337 e. The zero-order chi connectivity index (χ0) is 14.7. The second-order valence-electron chi connectivity index (χ2n) is 5.19. The van der Waals surface area contributed by atoms with Crippen LogP contribution < -0.4 is 0 Å². The molecule has 0 aliphatic heterocycles. The van der Waals surface area contributed by atoms with E-state index in [0.29, 0.717) is 5.56 Å². The van der Waals surface area contributed by atoms with Gasteiger partial charge in [-0.05, 0) is 37.0 Å². The number of benzene rings is 1. The van der Waals surface area contributed by atoms with Gasteiger partial charge in [-0.1, -0.05) is 37.6 Å². The van der Waals surface area contributed by atoms with Gasteiger partial charge in [0.05, 0.1) is 5.56 Å². The van der Waals surface area contributed by atoms with Crippen molar-refractivity contribution in [1.82, 2.24) is 4.57 Å². The van der Waals surface area contributed by atoms with Crippen LogP contribution in [0, 0.1) is 6.92 Å². The second kappa shape index (κ2) is 5.95. The number of hydrogen-bond donors (Lipinski definition) is 1. The Morgan fingerprint density at radius 1 is 1.25 bits per heavy atom. The van der Waals surface area contributed by atoms with Gasteiger partial charge in [0.15, 0.2) is 0 Å². The number of carboxylic acid groups (broad SMARTS) is 1. The summed E-state index contributed by atoms with van der Waals surface area (Å²) < 4.78 is 1.94. The molecular weight excluding hydrogens is 250 g/mol. The van der Waals surface area contributed by atoms with Gasteiger partial charge in [0.1, 0.15) is 0 Å². The fraction of sp³-hybridized carbons (Fsp3) is 0.353. The van der Waals surface area contributed by atoms with Crippen LogP contribution in [0.3, 0.4) is 0 Å². The number of aromatic nitrogens is 1. The molecule has 0 bridgehead atoms. The van der Waals surface area contributed by atoms with Gasteiger partial charge in [0.25, 0.3) is 0 Å². The lowest BCUT2D eigenvalue weighted by molar-refractivity contribution is 0.0696. The predicted octanol–water partition coefficient (Wildman–Crippen LogP) is 4.04. The molecule has 2 rings (SSSR count). The molecule has 3 heteroatoms. The molecule has 0 spiro atoms. The molecule has 0 atom stereocenters. The van der Waals surface area contributed by atoms with E-state index >= 15 is 0 Å². The number of carbonyl (C=O) groups is 1. The van der Waals surface area contributed by atoms with E-state index in [1.165, 1.54) is 18.4 Å². The fourth-order valence-corrected chi connectivity index (χ4v) is 2.42. The molecule has 0 unspecified atom stereocenters. The van der Waals surface area contributed by atoms with E-state index in [4.69, 9.17) is 0 Å². The molecule has 1 heterocycles. The number of unbranched alkanes of at least 4 members (excludes halogenated alkanes) is 1.